The number of phenolic OH excluding ortho intramolecular Hbond substituents is 1. The molecule has 2 aromatic heterocycles. The number of nitrogens with one attached hydrogen (secondary N) is 1. The van der Waals surface area contributed by atoms with Crippen LogP contribution in [0.1, 0.15) is 27.6 Å². The fourth-order valence-corrected chi connectivity index (χ4v) is 3.95. The number of rotatable bonds is 4. The highest BCUT2D eigenvalue weighted by atomic mass is 35.5. The Bertz CT molecular complexity index is 1570. The molecule has 0 aliphatic rings. The lowest BCUT2D eigenvalue weighted by Crippen LogP contribution is -2.27. The molecule has 0 saturated carbocycles. The van der Waals surface area contributed by atoms with Crippen molar-refractivity contribution in [1.82, 2.24) is 14.5 Å². The van der Waals surface area contributed by atoms with Crippen LogP contribution in [-0.2, 0) is 12.7 Å². The van der Waals surface area contributed by atoms with E-state index in [0.717, 1.165) is 41.0 Å². The number of phenols is 1. The van der Waals surface area contributed by atoms with Crippen LogP contribution in [-0.4, -0.2) is 25.5 Å². The second-order valence-electron chi connectivity index (χ2n) is 7.62. The summed E-state index contributed by atoms with van der Waals surface area (Å²) in [6.45, 7) is 1.00. The van der Waals surface area contributed by atoms with Crippen LogP contribution in [0.25, 0.3) is 10.9 Å². The van der Waals surface area contributed by atoms with Gasteiger partial charge in [-0.1, -0.05) is 29.3 Å². The van der Waals surface area contributed by atoms with Crippen LogP contribution in [0.2, 0.25) is 10.0 Å². The van der Waals surface area contributed by atoms with Crippen LogP contribution < -0.4 is 10.9 Å². The van der Waals surface area contributed by atoms with Crippen LogP contribution >= 0.6 is 23.2 Å². The van der Waals surface area contributed by atoms with E-state index in [1.165, 1.54) is 13.0 Å². The molecule has 0 spiro atoms. The van der Waals surface area contributed by atoms with Gasteiger partial charge in [-0.15, -0.1) is 0 Å². The number of halogens is 6. The maximum atomic E-state index is 14.6. The van der Waals surface area contributed by atoms with Crippen LogP contribution in [0, 0.1) is 12.7 Å². The van der Waals surface area contributed by atoms with Gasteiger partial charge >= 0.3 is 6.18 Å². The molecule has 186 valence electrons. The van der Waals surface area contributed by atoms with Gasteiger partial charge in [-0.3, -0.25) is 14.2 Å². The van der Waals surface area contributed by atoms with Gasteiger partial charge in [-0.25, -0.2) is 14.4 Å². The van der Waals surface area contributed by atoms with Crippen molar-refractivity contribution in [3.05, 3.63) is 91.5 Å². The van der Waals surface area contributed by atoms with Crippen LogP contribution in [0.15, 0.2) is 47.3 Å². The number of pyridine rings is 1. The number of anilines is 1. The van der Waals surface area contributed by atoms with Gasteiger partial charge in [0.05, 0.1) is 33.4 Å². The molecule has 0 atom stereocenters. The van der Waals surface area contributed by atoms with Gasteiger partial charge in [-0.2, -0.15) is 13.2 Å². The first-order valence-electron chi connectivity index (χ1n) is 10.1. The molecule has 2 heterocycles. The molecule has 0 aliphatic carbocycles. The largest absolute Gasteiger partial charge is 0.505 e. The third kappa shape index (κ3) is 4.84. The maximum Gasteiger partial charge on any atom is 0.433 e. The molecule has 2 aromatic carbocycles. The highest BCUT2D eigenvalue weighted by molar-refractivity contribution is 6.37. The minimum absolute atomic E-state index is 0.0196. The summed E-state index contributed by atoms with van der Waals surface area (Å²) in [4.78, 5) is 33.8. The highest BCUT2D eigenvalue weighted by Gasteiger charge is 2.32. The number of fused-ring (bicyclic) bond motifs is 1. The molecule has 0 unspecified atom stereocenters. The average molecular weight is 541 g/mol. The zero-order chi connectivity index (χ0) is 26.4. The molecular weight excluding hydrogens is 527 g/mol. The topological polar surface area (TPSA) is 97.1 Å². The third-order valence-electron chi connectivity index (χ3n) is 5.20. The molecule has 0 bridgehead atoms. The van der Waals surface area contributed by atoms with Crippen molar-refractivity contribution in [2.75, 3.05) is 5.32 Å². The van der Waals surface area contributed by atoms with E-state index in [1.54, 1.807) is 0 Å². The minimum atomic E-state index is -4.68. The number of carbonyl (C=O) groups is 1. The standard InChI is InChI=1S/C23H14Cl2F4N4O3/c1-10-30-19-15(26)5-6-16(32-21(35)11-7-13(24)20(34)14(25)8-11)18(19)22(36)33(10)9-12-3-2-4-17(31-12)23(27,28)29/h2-8,34H,9H2,1H3,(H,32,35). The van der Waals surface area contributed by atoms with Crippen molar-refractivity contribution in [2.45, 2.75) is 19.6 Å². The molecule has 0 saturated heterocycles. The zero-order valence-electron chi connectivity index (χ0n) is 18.1. The van der Waals surface area contributed by atoms with E-state index in [-0.39, 0.29) is 50.3 Å². The molecule has 0 aliphatic heterocycles. The second kappa shape index (κ2) is 9.40. The van der Waals surface area contributed by atoms with E-state index in [1.807, 2.05) is 0 Å². The van der Waals surface area contributed by atoms with Gasteiger partial charge < -0.3 is 10.4 Å². The molecular formula is C23H14Cl2F4N4O3. The van der Waals surface area contributed by atoms with Gasteiger partial charge in [0.25, 0.3) is 11.5 Å². The summed E-state index contributed by atoms with van der Waals surface area (Å²) in [5, 5.41) is 11.5. The lowest BCUT2D eigenvalue weighted by Gasteiger charge is -2.15. The Morgan fingerprint density at radius 3 is 2.42 bits per heavy atom. The van der Waals surface area contributed by atoms with E-state index in [9.17, 15) is 32.3 Å². The van der Waals surface area contributed by atoms with Crippen LogP contribution in [0.3, 0.4) is 0 Å². The number of hydrogen-bond acceptors (Lipinski definition) is 5. The predicted octanol–water partition coefficient (Wildman–Crippen LogP) is 5.57. The number of alkyl halides is 3. The van der Waals surface area contributed by atoms with Crippen molar-refractivity contribution in [3.8, 4) is 5.75 Å². The maximum absolute atomic E-state index is 14.6. The van der Waals surface area contributed by atoms with Gasteiger partial charge in [0.15, 0.2) is 5.75 Å². The molecule has 0 fully saturated rings. The summed E-state index contributed by atoms with van der Waals surface area (Å²) in [7, 11) is 0. The van der Waals surface area contributed by atoms with E-state index >= 15 is 0 Å². The first-order valence-corrected chi connectivity index (χ1v) is 10.8. The summed E-state index contributed by atoms with van der Waals surface area (Å²) in [6.07, 6.45) is -4.68. The fraction of sp³-hybridized carbons (Fsp3) is 0.130. The number of amides is 1. The summed E-state index contributed by atoms with van der Waals surface area (Å²) < 4.78 is 54.7. The number of aromatic nitrogens is 3. The van der Waals surface area contributed by atoms with Crippen LogP contribution in [0.4, 0.5) is 23.2 Å². The molecule has 4 rings (SSSR count). The van der Waals surface area contributed by atoms with E-state index in [0.29, 0.717) is 0 Å². The fourth-order valence-electron chi connectivity index (χ4n) is 3.46. The first-order chi connectivity index (χ1) is 16.9. The molecule has 36 heavy (non-hydrogen) atoms. The second-order valence-corrected chi connectivity index (χ2v) is 8.44. The summed E-state index contributed by atoms with van der Waals surface area (Å²) in [5.41, 5.74) is -2.54. The summed E-state index contributed by atoms with van der Waals surface area (Å²) in [5.74, 6) is -2.03. The number of aromatic hydroxyl groups is 1. The Kier molecular flexibility index (Phi) is 6.63. The molecule has 13 heteroatoms. The number of nitrogens with zero attached hydrogens (tertiary/aromatic N) is 3. The third-order valence-corrected chi connectivity index (χ3v) is 5.77. The van der Waals surface area contributed by atoms with Crippen molar-refractivity contribution >= 4 is 45.7 Å². The van der Waals surface area contributed by atoms with Crippen molar-refractivity contribution in [2.24, 2.45) is 0 Å². The molecule has 0 radical (unpaired) electrons. The Morgan fingerprint density at radius 1 is 1.11 bits per heavy atom. The number of carbonyl (C=O) groups excluding carboxylic acids is 1. The quantitative estimate of drug-likeness (QED) is 0.330. The van der Waals surface area contributed by atoms with E-state index in [4.69, 9.17) is 23.2 Å². The number of benzene rings is 2. The van der Waals surface area contributed by atoms with Gasteiger partial charge in [0, 0.05) is 5.56 Å². The average Bonchev–Trinajstić information content (AvgIpc) is 2.81. The lowest BCUT2D eigenvalue weighted by molar-refractivity contribution is -0.141. The molecule has 7 nitrogen and oxygen atoms in total. The Labute approximate surface area is 209 Å². The van der Waals surface area contributed by atoms with E-state index < -0.39 is 34.9 Å². The van der Waals surface area contributed by atoms with Gasteiger partial charge in [0.1, 0.15) is 22.9 Å². The Morgan fingerprint density at radius 2 is 1.78 bits per heavy atom. The predicted molar refractivity (Wildman–Crippen MR) is 125 cm³/mol. The molecule has 2 N–H and O–H groups in total. The molecule has 4 aromatic rings. The first kappa shape index (κ1) is 25.4. The van der Waals surface area contributed by atoms with Crippen molar-refractivity contribution < 1.29 is 27.5 Å². The van der Waals surface area contributed by atoms with Crippen LogP contribution in [0.5, 0.6) is 5.75 Å². The minimum Gasteiger partial charge on any atom is -0.505 e. The van der Waals surface area contributed by atoms with E-state index in [2.05, 4.69) is 15.3 Å². The lowest BCUT2D eigenvalue weighted by atomic mass is 10.1. The SMILES string of the molecule is Cc1nc2c(F)ccc(NC(=O)c3cc(Cl)c(O)c(Cl)c3)c2c(=O)n1Cc1cccc(C(F)(F)F)n1. The highest BCUT2D eigenvalue weighted by Crippen LogP contribution is 2.33. The smallest absolute Gasteiger partial charge is 0.433 e. The normalized spacial score (nSPS) is 11.6. The summed E-state index contributed by atoms with van der Waals surface area (Å²) in [6, 6.07) is 7.68. The Hall–Kier alpha value is -3.70. The summed E-state index contributed by atoms with van der Waals surface area (Å²) >= 11 is 11.7. The van der Waals surface area contributed by atoms with Crippen molar-refractivity contribution in [3.63, 3.8) is 0 Å². The van der Waals surface area contributed by atoms with Gasteiger partial charge in [-0.05, 0) is 43.3 Å². The van der Waals surface area contributed by atoms with Gasteiger partial charge in [0.2, 0.25) is 0 Å². The Balaban J connectivity index is 1.80. The number of aryl methyl sites for hydroxylation is 1. The monoisotopic (exact) mass is 540 g/mol. The number of hydrogen-bond donors (Lipinski definition) is 2. The van der Waals surface area contributed by atoms with Crippen molar-refractivity contribution in [1.29, 1.82) is 0 Å². The zero-order valence-corrected chi connectivity index (χ0v) is 19.6. The molecule has 1 amide bonds.